The zero-order valence-corrected chi connectivity index (χ0v) is 27.8. The van der Waals surface area contributed by atoms with Gasteiger partial charge >= 0.3 is 0 Å². The van der Waals surface area contributed by atoms with E-state index in [0.29, 0.717) is 35.5 Å². The summed E-state index contributed by atoms with van der Waals surface area (Å²) >= 11 is 0. The summed E-state index contributed by atoms with van der Waals surface area (Å²) in [4.78, 5) is 0. The number of nitrogens with one attached hydrogen (secondary N) is 8. The number of rotatable bonds is 0. The van der Waals surface area contributed by atoms with Crippen LogP contribution in [0.3, 0.4) is 0 Å². The standard InChI is InChI=1S/C36H52N12/c37-13-23-24(14-38)26(16-40)28-27(25(23)15-39)35-46-33-21-11-5-3-9-19(21)31(44-33)42-29-17-7-1-2-8-18(17)30(41-29)43-32-20-10-4-6-12-22(20)34(45-32)47-36(28)48-35/h17-36,41-48H,1-12H2. The fraction of sp³-hybridized carbons (Fsp3) is 0.889. The van der Waals surface area contributed by atoms with E-state index >= 15 is 0 Å². The lowest BCUT2D eigenvalue weighted by molar-refractivity contribution is 0.0677. The van der Waals surface area contributed by atoms with Crippen LogP contribution in [0.15, 0.2) is 0 Å². The van der Waals surface area contributed by atoms with Crippen molar-refractivity contribution in [2.24, 2.45) is 71.0 Å². The van der Waals surface area contributed by atoms with Crippen LogP contribution in [-0.4, -0.2) is 49.3 Å². The fourth-order valence-electron chi connectivity index (χ4n) is 12.8. The van der Waals surface area contributed by atoms with E-state index in [9.17, 15) is 21.0 Å². The van der Waals surface area contributed by atoms with Gasteiger partial charge in [0.15, 0.2) is 0 Å². The average Bonchev–Trinajstić information content (AvgIpc) is 3.86. The first-order valence-electron chi connectivity index (χ1n) is 19.3. The van der Waals surface area contributed by atoms with Crippen molar-refractivity contribution in [3.05, 3.63) is 0 Å². The van der Waals surface area contributed by atoms with Gasteiger partial charge in [0, 0.05) is 11.8 Å². The molecular formula is C36H52N12. The molecule has 0 aromatic heterocycles. The van der Waals surface area contributed by atoms with Crippen molar-refractivity contribution < 1.29 is 0 Å². The first-order valence-corrected chi connectivity index (χ1v) is 19.3. The summed E-state index contributed by atoms with van der Waals surface area (Å²) in [5.74, 6) is -0.333. The Bertz CT molecular complexity index is 1290. The molecule has 20 atom stereocenters. The Morgan fingerprint density at radius 1 is 0.292 bits per heavy atom. The Balaban J connectivity index is 1.11. The molecule has 9 rings (SSSR count). The highest BCUT2D eigenvalue weighted by molar-refractivity contribution is 5.23. The second kappa shape index (κ2) is 12.8. The van der Waals surface area contributed by atoms with Crippen LogP contribution in [0.2, 0.25) is 0 Å². The molecule has 48 heavy (non-hydrogen) atoms. The predicted molar refractivity (Wildman–Crippen MR) is 175 cm³/mol. The number of fused-ring (bicyclic) bond motifs is 20. The molecule has 12 nitrogen and oxygen atoms in total. The monoisotopic (exact) mass is 652 g/mol. The first-order chi connectivity index (χ1) is 23.6. The largest absolute Gasteiger partial charge is 0.286 e. The lowest BCUT2D eigenvalue weighted by atomic mass is 9.58. The van der Waals surface area contributed by atoms with Gasteiger partial charge in [-0.15, -0.1) is 0 Å². The zero-order chi connectivity index (χ0) is 32.5. The van der Waals surface area contributed by atoms with Gasteiger partial charge in [-0.2, -0.15) is 21.0 Å². The van der Waals surface area contributed by atoms with E-state index in [1.807, 2.05) is 0 Å². The number of nitrogens with zero attached hydrogens (tertiary/aromatic N) is 4. The van der Waals surface area contributed by atoms with E-state index in [2.05, 4.69) is 66.8 Å². The molecular weight excluding hydrogens is 600 g/mol. The van der Waals surface area contributed by atoms with Crippen molar-refractivity contribution in [1.82, 2.24) is 42.5 Å². The maximum atomic E-state index is 10.6. The fourth-order valence-corrected chi connectivity index (χ4v) is 12.8. The highest BCUT2D eigenvalue weighted by Crippen LogP contribution is 2.51. The molecule has 9 fully saturated rings. The normalized spacial score (nSPS) is 55.4. The lowest BCUT2D eigenvalue weighted by Crippen LogP contribution is -2.62. The molecule has 0 radical (unpaired) electrons. The molecule has 5 heterocycles. The molecule has 5 aliphatic heterocycles. The van der Waals surface area contributed by atoms with Crippen LogP contribution in [-0.2, 0) is 0 Å². The third kappa shape index (κ3) is 4.95. The summed E-state index contributed by atoms with van der Waals surface area (Å²) in [7, 11) is 0. The summed E-state index contributed by atoms with van der Waals surface area (Å²) in [6.45, 7) is 0. The molecule has 0 aromatic rings. The molecule has 5 saturated heterocycles. The van der Waals surface area contributed by atoms with Gasteiger partial charge in [0.25, 0.3) is 0 Å². The minimum Gasteiger partial charge on any atom is -0.286 e. The Morgan fingerprint density at radius 2 is 0.500 bits per heavy atom. The van der Waals surface area contributed by atoms with Crippen molar-refractivity contribution in [3.63, 3.8) is 0 Å². The molecule has 8 bridgehead atoms. The van der Waals surface area contributed by atoms with Gasteiger partial charge in [-0.1, -0.05) is 38.5 Å². The summed E-state index contributed by atoms with van der Waals surface area (Å²) in [5.41, 5.74) is 0. The van der Waals surface area contributed by atoms with Crippen molar-refractivity contribution >= 4 is 0 Å². The van der Waals surface area contributed by atoms with Crippen LogP contribution in [0.25, 0.3) is 0 Å². The summed E-state index contributed by atoms with van der Waals surface area (Å²) in [6.07, 6.45) is 15.2. The summed E-state index contributed by atoms with van der Waals surface area (Å²) in [5, 5.41) is 74.2. The molecule has 12 heteroatoms. The molecule has 0 aromatic carbocycles. The topological polar surface area (TPSA) is 191 Å². The van der Waals surface area contributed by atoms with E-state index in [1.165, 1.54) is 64.2 Å². The lowest BCUT2D eigenvalue weighted by Gasteiger charge is -2.43. The molecule has 0 spiro atoms. The molecule has 4 aliphatic carbocycles. The minimum absolute atomic E-state index is 0.0425. The first kappa shape index (κ1) is 31.6. The second-order valence-corrected chi connectivity index (χ2v) is 16.8. The molecule has 8 N–H and O–H groups in total. The highest BCUT2D eigenvalue weighted by Gasteiger charge is 2.62. The van der Waals surface area contributed by atoms with Crippen LogP contribution in [0, 0.1) is 116 Å². The molecule has 9 aliphatic rings. The minimum atomic E-state index is -0.802. The van der Waals surface area contributed by atoms with Gasteiger partial charge in [0.05, 0.1) is 97.3 Å². The van der Waals surface area contributed by atoms with E-state index in [1.54, 1.807) is 0 Å². The molecule has 256 valence electrons. The van der Waals surface area contributed by atoms with Crippen molar-refractivity contribution in [1.29, 1.82) is 21.0 Å². The van der Waals surface area contributed by atoms with E-state index in [4.69, 9.17) is 0 Å². The number of nitriles is 4. The second-order valence-electron chi connectivity index (χ2n) is 16.8. The highest BCUT2D eigenvalue weighted by atomic mass is 15.4. The van der Waals surface area contributed by atoms with Crippen LogP contribution in [0.4, 0.5) is 0 Å². The van der Waals surface area contributed by atoms with Crippen molar-refractivity contribution in [2.75, 3.05) is 0 Å². The average molecular weight is 653 g/mol. The van der Waals surface area contributed by atoms with Crippen LogP contribution < -0.4 is 42.5 Å². The Labute approximate surface area is 284 Å². The number of hydrogen-bond donors (Lipinski definition) is 8. The molecule has 0 amide bonds. The summed E-state index contributed by atoms with van der Waals surface area (Å²) in [6, 6.07) is 9.64. The van der Waals surface area contributed by atoms with Crippen LogP contribution in [0.1, 0.15) is 77.0 Å². The van der Waals surface area contributed by atoms with Crippen molar-refractivity contribution in [3.8, 4) is 24.3 Å². The summed E-state index contributed by atoms with van der Waals surface area (Å²) < 4.78 is 0. The quantitative estimate of drug-likeness (QED) is 0.189. The van der Waals surface area contributed by atoms with E-state index < -0.39 is 23.7 Å². The zero-order valence-electron chi connectivity index (χ0n) is 27.8. The van der Waals surface area contributed by atoms with Crippen molar-refractivity contribution in [2.45, 2.75) is 126 Å². The number of hydrogen-bond acceptors (Lipinski definition) is 12. The molecule has 4 saturated carbocycles. The Hall–Kier alpha value is -2.36. The van der Waals surface area contributed by atoms with Gasteiger partial charge in [-0.05, 0) is 74.0 Å². The van der Waals surface area contributed by atoms with Crippen LogP contribution in [0.5, 0.6) is 0 Å². The smallest absolute Gasteiger partial charge is 0.0796 e. The van der Waals surface area contributed by atoms with Crippen LogP contribution >= 0.6 is 0 Å². The third-order valence-corrected chi connectivity index (χ3v) is 14.9. The Kier molecular flexibility index (Phi) is 8.40. The third-order valence-electron chi connectivity index (χ3n) is 14.9. The van der Waals surface area contributed by atoms with Gasteiger partial charge in [0.1, 0.15) is 0 Å². The maximum absolute atomic E-state index is 10.6. The van der Waals surface area contributed by atoms with Gasteiger partial charge in [-0.25, -0.2) is 0 Å². The van der Waals surface area contributed by atoms with E-state index in [-0.39, 0.29) is 61.2 Å². The Morgan fingerprint density at radius 3 is 0.729 bits per heavy atom. The predicted octanol–water partition coefficient (Wildman–Crippen LogP) is 1.60. The van der Waals surface area contributed by atoms with E-state index in [0.717, 1.165) is 12.8 Å². The van der Waals surface area contributed by atoms with Gasteiger partial charge in [0.2, 0.25) is 0 Å². The van der Waals surface area contributed by atoms with Gasteiger partial charge in [-0.3, -0.25) is 42.5 Å². The maximum Gasteiger partial charge on any atom is 0.0796 e. The molecule has 20 unspecified atom stereocenters. The van der Waals surface area contributed by atoms with Gasteiger partial charge < -0.3 is 0 Å². The SMILES string of the molecule is N#CC1C(C#N)C(C#N)C2C3NC4NC(NC5NC(NC6NC(NC(N3)C2C1C#N)C1CCCCC61)C1CCCCC51)C1CCCCC41.